The molecule has 0 amide bonds. The molecule has 6 rings (SSSR count). The second kappa shape index (κ2) is 9.69. The van der Waals surface area contributed by atoms with Crippen LogP contribution in [0.4, 0.5) is 0 Å². The number of rotatable bonds is 5. The van der Waals surface area contributed by atoms with Crippen molar-refractivity contribution < 1.29 is 38.7 Å². The van der Waals surface area contributed by atoms with Gasteiger partial charge >= 0.3 is 0 Å². The summed E-state index contributed by atoms with van der Waals surface area (Å²) in [5.41, 5.74) is 0.194. The number of benzene rings is 4. The van der Waals surface area contributed by atoms with Gasteiger partial charge in [-0.25, -0.2) is 0 Å². The topological polar surface area (TPSA) is 160 Å². The second-order valence-corrected chi connectivity index (χ2v) is 9.12. The minimum atomic E-state index is -0.478. The Morgan fingerprint density at radius 1 is 0.585 bits per heavy atom. The zero-order valence-electron chi connectivity index (χ0n) is 21.2. The molecule has 2 heterocycles. The van der Waals surface area contributed by atoms with E-state index in [1.54, 1.807) is 42.5 Å². The fourth-order valence-electron chi connectivity index (χ4n) is 4.51. The molecule has 0 unspecified atom stereocenters. The molecule has 0 bridgehead atoms. The van der Waals surface area contributed by atoms with Crippen LogP contribution in [0.25, 0.3) is 44.6 Å². The molecule has 41 heavy (non-hydrogen) atoms. The second-order valence-electron chi connectivity index (χ2n) is 9.12. The average molecular weight is 552 g/mol. The Kier molecular flexibility index (Phi) is 6.00. The quantitative estimate of drug-likeness (QED) is 0.204. The highest BCUT2D eigenvalue weighted by atomic mass is 16.5. The molecule has 10 heteroatoms. The van der Waals surface area contributed by atoms with E-state index in [0.29, 0.717) is 28.4 Å². The van der Waals surface area contributed by atoms with Crippen molar-refractivity contribution in [1.29, 1.82) is 0 Å². The summed E-state index contributed by atoms with van der Waals surface area (Å²) in [6.45, 7) is 0. The van der Waals surface area contributed by atoms with Crippen molar-refractivity contribution in [3.8, 4) is 62.9 Å². The van der Waals surface area contributed by atoms with Crippen LogP contribution in [0.15, 0.2) is 97.3 Å². The smallest absolute Gasteiger partial charge is 0.197 e. The lowest BCUT2D eigenvalue weighted by molar-refractivity contribution is 0.379. The van der Waals surface area contributed by atoms with E-state index in [1.807, 2.05) is 0 Å². The molecular formula is C31H20O10. The number of fused-ring (bicyclic) bond motifs is 2. The molecule has 4 aromatic carbocycles. The number of phenolic OH excluding ortho intramolecular Hbond substituents is 4. The molecule has 6 aromatic rings. The fourth-order valence-corrected chi connectivity index (χ4v) is 4.51. The fraction of sp³-hybridized carbons (Fsp3) is 0.0323. The maximum atomic E-state index is 12.6. The van der Waals surface area contributed by atoms with E-state index in [9.17, 15) is 30.0 Å². The molecule has 0 spiro atoms. The monoisotopic (exact) mass is 552 g/mol. The van der Waals surface area contributed by atoms with Crippen molar-refractivity contribution in [2.75, 3.05) is 7.11 Å². The van der Waals surface area contributed by atoms with Crippen LogP contribution in [0.5, 0.6) is 40.2 Å². The number of phenols is 4. The van der Waals surface area contributed by atoms with Crippen LogP contribution in [0.2, 0.25) is 0 Å². The third kappa shape index (κ3) is 4.63. The Morgan fingerprint density at radius 3 is 1.63 bits per heavy atom. The van der Waals surface area contributed by atoms with E-state index in [0.717, 1.165) is 12.1 Å². The molecule has 0 radical (unpaired) electrons. The van der Waals surface area contributed by atoms with Crippen molar-refractivity contribution in [3.63, 3.8) is 0 Å². The number of aromatic hydroxyl groups is 4. The van der Waals surface area contributed by atoms with Gasteiger partial charge in [0, 0.05) is 47.5 Å². The zero-order valence-corrected chi connectivity index (χ0v) is 21.2. The molecule has 0 aliphatic rings. The highest BCUT2D eigenvalue weighted by Gasteiger charge is 2.16. The van der Waals surface area contributed by atoms with Gasteiger partial charge in [-0.15, -0.1) is 0 Å². The van der Waals surface area contributed by atoms with Gasteiger partial charge in [0.15, 0.2) is 22.4 Å². The first-order chi connectivity index (χ1) is 19.7. The van der Waals surface area contributed by atoms with Gasteiger partial charge in [-0.05, 0) is 42.5 Å². The van der Waals surface area contributed by atoms with Crippen LogP contribution in [0.1, 0.15) is 0 Å². The molecular weight excluding hydrogens is 532 g/mol. The minimum Gasteiger partial charge on any atom is -0.508 e. The van der Waals surface area contributed by atoms with E-state index in [-0.39, 0.29) is 56.5 Å². The molecule has 0 fully saturated rings. The Labute approximate surface area is 230 Å². The lowest BCUT2D eigenvalue weighted by Crippen LogP contribution is -2.01. The van der Waals surface area contributed by atoms with Crippen molar-refractivity contribution in [1.82, 2.24) is 0 Å². The first-order valence-corrected chi connectivity index (χ1v) is 12.2. The Morgan fingerprint density at radius 2 is 1.10 bits per heavy atom. The van der Waals surface area contributed by atoms with Gasteiger partial charge in [0.05, 0.1) is 7.11 Å². The normalized spacial score (nSPS) is 11.1. The number of hydrogen-bond donors (Lipinski definition) is 4. The van der Waals surface area contributed by atoms with Crippen LogP contribution < -0.4 is 20.3 Å². The predicted molar refractivity (Wildman–Crippen MR) is 149 cm³/mol. The van der Waals surface area contributed by atoms with E-state index >= 15 is 0 Å². The van der Waals surface area contributed by atoms with E-state index < -0.39 is 10.9 Å². The average Bonchev–Trinajstić information content (AvgIpc) is 2.92. The van der Waals surface area contributed by atoms with Gasteiger partial charge in [0.25, 0.3) is 0 Å². The summed E-state index contributed by atoms with van der Waals surface area (Å²) in [5.74, 6) is 0.351. The van der Waals surface area contributed by atoms with Crippen LogP contribution in [-0.2, 0) is 0 Å². The van der Waals surface area contributed by atoms with Gasteiger partial charge in [-0.2, -0.15) is 0 Å². The highest BCUT2D eigenvalue weighted by molar-refractivity contribution is 5.87. The van der Waals surface area contributed by atoms with Crippen molar-refractivity contribution in [2.45, 2.75) is 0 Å². The maximum absolute atomic E-state index is 12.6. The first-order valence-electron chi connectivity index (χ1n) is 12.2. The van der Waals surface area contributed by atoms with E-state index in [4.69, 9.17) is 18.3 Å². The maximum Gasteiger partial charge on any atom is 0.197 e. The van der Waals surface area contributed by atoms with Crippen LogP contribution >= 0.6 is 0 Å². The van der Waals surface area contributed by atoms with Gasteiger partial charge in [-0.1, -0.05) is 0 Å². The standard InChI is InChI=1S/C31H20O10/c1-38-27-8-16(26-14-23(37)31-21(35)10-18(33)12-29(31)41-26)4-7-24(27)39-19-5-2-15(3-6-19)25-13-22(36)30-20(34)9-17(32)11-28(30)40-25/h2-14,32-35H,1H3. The molecule has 10 nitrogen and oxygen atoms in total. The molecule has 0 aliphatic carbocycles. The number of methoxy groups -OCH3 is 1. The van der Waals surface area contributed by atoms with Gasteiger partial charge < -0.3 is 38.7 Å². The zero-order chi connectivity index (χ0) is 28.8. The summed E-state index contributed by atoms with van der Waals surface area (Å²) in [6.07, 6.45) is 0. The van der Waals surface area contributed by atoms with Gasteiger partial charge in [-0.3, -0.25) is 9.59 Å². The van der Waals surface area contributed by atoms with Crippen LogP contribution in [0, 0.1) is 0 Å². The molecule has 4 N–H and O–H groups in total. The molecule has 0 aliphatic heterocycles. The summed E-state index contributed by atoms with van der Waals surface area (Å²) in [5, 5.41) is 39.5. The predicted octanol–water partition coefficient (Wildman–Crippen LogP) is 5.86. The summed E-state index contributed by atoms with van der Waals surface area (Å²) in [6, 6.07) is 18.7. The molecule has 204 valence electrons. The molecule has 0 saturated carbocycles. The summed E-state index contributed by atoms with van der Waals surface area (Å²) in [4.78, 5) is 25.1. The Balaban J connectivity index is 1.29. The molecule has 0 saturated heterocycles. The van der Waals surface area contributed by atoms with Crippen LogP contribution in [-0.4, -0.2) is 27.5 Å². The van der Waals surface area contributed by atoms with E-state index in [1.165, 1.54) is 31.4 Å². The lowest BCUT2D eigenvalue weighted by Gasteiger charge is -2.13. The largest absolute Gasteiger partial charge is 0.508 e. The van der Waals surface area contributed by atoms with Crippen molar-refractivity contribution in [3.05, 3.63) is 99.3 Å². The third-order valence-electron chi connectivity index (χ3n) is 6.40. The Hall–Kier alpha value is -5.90. The first kappa shape index (κ1) is 25.4. The molecule has 2 aromatic heterocycles. The van der Waals surface area contributed by atoms with Crippen molar-refractivity contribution >= 4 is 21.9 Å². The highest BCUT2D eigenvalue weighted by Crippen LogP contribution is 2.38. The summed E-state index contributed by atoms with van der Waals surface area (Å²) >= 11 is 0. The summed E-state index contributed by atoms with van der Waals surface area (Å²) < 4.78 is 23.0. The summed E-state index contributed by atoms with van der Waals surface area (Å²) in [7, 11) is 1.46. The molecule has 0 atom stereocenters. The third-order valence-corrected chi connectivity index (χ3v) is 6.40. The Bertz CT molecular complexity index is 2090. The minimum absolute atomic E-state index is 0.0266. The SMILES string of the molecule is COc1cc(-c2cc(=O)c3c(O)cc(O)cc3o2)ccc1Oc1ccc(-c2cc(=O)c3c(O)cc(O)cc3o2)cc1. The number of hydrogen-bond acceptors (Lipinski definition) is 10. The number of ether oxygens (including phenoxy) is 2. The van der Waals surface area contributed by atoms with E-state index in [2.05, 4.69) is 0 Å². The van der Waals surface area contributed by atoms with Crippen molar-refractivity contribution in [2.24, 2.45) is 0 Å². The van der Waals surface area contributed by atoms with Crippen LogP contribution in [0.3, 0.4) is 0 Å². The van der Waals surface area contributed by atoms with Gasteiger partial charge in [0.2, 0.25) is 0 Å². The lowest BCUT2D eigenvalue weighted by atomic mass is 10.1. The van der Waals surface area contributed by atoms with Gasteiger partial charge in [0.1, 0.15) is 62.2 Å².